The van der Waals surface area contributed by atoms with Crippen molar-refractivity contribution < 1.29 is 14.7 Å². The maximum Gasteiger partial charge on any atom is 0.323 e. The Kier molecular flexibility index (Phi) is 6.50. The average molecular weight is 275 g/mol. The van der Waals surface area contributed by atoms with Crippen LogP contribution in [0.2, 0.25) is 0 Å². The van der Waals surface area contributed by atoms with Crippen LogP contribution in [0.25, 0.3) is 6.08 Å². The number of benzene rings is 1. The first-order valence-corrected chi connectivity index (χ1v) is 6.84. The van der Waals surface area contributed by atoms with Gasteiger partial charge in [-0.2, -0.15) is 0 Å². The van der Waals surface area contributed by atoms with Gasteiger partial charge in [-0.3, -0.25) is 9.59 Å². The van der Waals surface area contributed by atoms with E-state index in [1.165, 1.54) is 16.5 Å². The van der Waals surface area contributed by atoms with Gasteiger partial charge in [-0.25, -0.2) is 0 Å². The topological polar surface area (TPSA) is 57.6 Å². The molecule has 0 atom stereocenters. The van der Waals surface area contributed by atoms with Crippen LogP contribution in [0.15, 0.2) is 30.3 Å². The molecule has 0 saturated heterocycles. The van der Waals surface area contributed by atoms with Crippen LogP contribution in [-0.2, 0) is 16.0 Å². The molecular weight excluding hydrogens is 254 g/mol. The van der Waals surface area contributed by atoms with Crippen LogP contribution in [-0.4, -0.2) is 35.0 Å². The summed E-state index contributed by atoms with van der Waals surface area (Å²) in [5.74, 6) is -1.26. The zero-order valence-electron chi connectivity index (χ0n) is 12.0. The van der Waals surface area contributed by atoms with Crippen LogP contribution in [0.1, 0.15) is 31.4 Å². The van der Waals surface area contributed by atoms with Crippen molar-refractivity contribution in [2.24, 2.45) is 0 Å². The first kappa shape index (κ1) is 16.0. The molecule has 1 N–H and O–H groups in total. The molecule has 1 aromatic carbocycles. The van der Waals surface area contributed by atoms with Crippen molar-refractivity contribution in [3.8, 4) is 0 Å². The van der Waals surface area contributed by atoms with Crippen molar-refractivity contribution >= 4 is 18.0 Å². The number of carboxylic acids is 1. The van der Waals surface area contributed by atoms with Gasteiger partial charge in [0.1, 0.15) is 6.54 Å². The van der Waals surface area contributed by atoms with Crippen molar-refractivity contribution in [2.75, 3.05) is 13.1 Å². The number of carbonyl (C=O) groups excluding carboxylic acids is 1. The Bertz CT molecular complexity index is 477. The van der Waals surface area contributed by atoms with Crippen LogP contribution < -0.4 is 0 Å². The largest absolute Gasteiger partial charge is 0.480 e. The Morgan fingerprint density at radius 3 is 2.35 bits per heavy atom. The SMILES string of the molecule is CCCN(CC(=O)O)C(=O)/C=C/c1ccc(CC)cc1. The van der Waals surface area contributed by atoms with Crippen molar-refractivity contribution in [2.45, 2.75) is 26.7 Å². The van der Waals surface area contributed by atoms with Gasteiger partial charge in [0.2, 0.25) is 5.91 Å². The van der Waals surface area contributed by atoms with Gasteiger partial charge in [-0.05, 0) is 30.0 Å². The Hall–Kier alpha value is -2.10. The zero-order valence-corrected chi connectivity index (χ0v) is 12.0. The molecule has 0 aromatic heterocycles. The molecule has 4 heteroatoms. The second kappa shape index (κ2) is 8.15. The lowest BCUT2D eigenvalue weighted by molar-refractivity contribution is -0.142. The number of rotatable bonds is 7. The monoisotopic (exact) mass is 275 g/mol. The average Bonchev–Trinajstić information content (AvgIpc) is 2.44. The van der Waals surface area contributed by atoms with Gasteiger partial charge in [0.25, 0.3) is 0 Å². The number of hydrogen-bond acceptors (Lipinski definition) is 2. The molecular formula is C16H21NO3. The molecule has 0 saturated carbocycles. The molecule has 108 valence electrons. The van der Waals surface area contributed by atoms with Crippen molar-refractivity contribution in [1.29, 1.82) is 0 Å². The van der Waals surface area contributed by atoms with Crippen LogP contribution >= 0.6 is 0 Å². The number of carboxylic acid groups (broad SMARTS) is 1. The van der Waals surface area contributed by atoms with Crippen molar-refractivity contribution in [3.63, 3.8) is 0 Å². The highest BCUT2D eigenvalue weighted by molar-refractivity contribution is 5.93. The molecule has 0 aliphatic heterocycles. The summed E-state index contributed by atoms with van der Waals surface area (Å²) >= 11 is 0. The van der Waals surface area contributed by atoms with Gasteiger partial charge in [0, 0.05) is 12.6 Å². The Morgan fingerprint density at radius 1 is 1.20 bits per heavy atom. The number of amides is 1. The predicted octanol–water partition coefficient (Wildman–Crippen LogP) is 2.59. The first-order valence-electron chi connectivity index (χ1n) is 6.84. The predicted molar refractivity (Wildman–Crippen MR) is 79.4 cm³/mol. The summed E-state index contributed by atoms with van der Waals surface area (Å²) in [4.78, 5) is 24.0. The third-order valence-electron chi connectivity index (χ3n) is 2.94. The lowest BCUT2D eigenvalue weighted by Gasteiger charge is -2.17. The molecule has 4 nitrogen and oxygen atoms in total. The van der Waals surface area contributed by atoms with Gasteiger partial charge in [0.05, 0.1) is 0 Å². The minimum Gasteiger partial charge on any atom is -0.480 e. The van der Waals surface area contributed by atoms with Crippen LogP contribution in [0.3, 0.4) is 0 Å². The summed E-state index contributed by atoms with van der Waals surface area (Å²) in [6, 6.07) is 7.93. The van der Waals surface area contributed by atoms with E-state index in [-0.39, 0.29) is 12.5 Å². The number of aliphatic carboxylic acids is 1. The van der Waals surface area contributed by atoms with E-state index in [2.05, 4.69) is 6.92 Å². The summed E-state index contributed by atoms with van der Waals surface area (Å²) in [6.45, 7) is 4.19. The molecule has 1 aromatic rings. The number of hydrogen-bond donors (Lipinski definition) is 1. The van der Waals surface area contributed by atoms with E-state index in [1.54, 1.807) is 6.08 Å². The summed E-state index contributed by atoms with van der Waals surface area (Å²) in [5.41, 5.74) is 2.18. The molecule has 20 heavy (non-hydrogen) atoms. The third-order valence-corrected chi connectivity index (χ3v) is 2.94. The Labute approximate surface area is 119 Å². The molecule has 1 amide bonds. The van der Waals surface area contributed by atoms with Gasteiger partial charge in [0.15, 0.2) is 0 Å². The lowest BCUT2D eigenvalue weighted by Crippen LogP contribution is -2.35. The molecule has 0 radical (unpaired) electrons. The molecule has 0 aliphatic carbocycles. The molecule has 0 unspecified atom stereocenters. The summed E-state index contributed by atoms with van der Waals surface area (Å²) in [6.07, 6.45) is 4.86. The standard InChI is InChI=1S/C16H21NO3/c1-3-11-17(12-16(19)20)15(18)10-9-14-7-5-13(4-2)6-8-14/h5-10H,3-4,11-12H2,1-2H3,(H,19,20)/b10-9+. The van der Waals surface area contributed by atoms with E-state index in [1.807, 2.05) is 31.2 Å². The number of nitrogens with zero attached hydrogens (tertiary/aromatic N) is 1. The molecule has 0 spiro atoms. The molecule has 0 heterocycles. The van der Waals surface area contributed by atoms with Crippen molar-refractivity contribution in [3.05, 3.63) is 41.5 Å². The highest BCUT2D eigenvalue weighted by Crippen LogP contribution is 2.07. The quantitative estimate of drug-likeness (QED) is 0.778. The van der Waals surface area contributed by atoms with E-state index >= 15 is 0 Å². The highest BCUT2D eigenvalue weighted by Gasteiger charge is 2.12. The van der Waals surface area contributed by atoms with Gasteiger partial charge < -0.3 is 10.0 Å². The smallest absolute Gasteiger partial charge is 0.323 e. The van der Waals surface area contributed by atoms with E-state index in [0.29, 0.717) is 6.54 Å². The maximum absolute atomic E-state index is 11.9. The van der Waals surface area contributed by atoms with Crippen molar-refractivity contribution in [1.82, 2.24) is 4.90 Å². The molecule has 0 aliphatic rings. The molecule has 1 rings (SSSR count). The van der Waals surface area contributed by atoms with E-state index in [4.69, 9.17) is 5.11 Å². The van der Waals surface area contributed by atoms with Crippen LogP contribution in [0.5, 0.6) is 0 Å². The highest BCUT2D eigenvalue weighted by atomic mass is 16.4. The van der Waals surface area contributed by atoms with Gasteiger partial charge in [-0.1, -0.05) is 38.1 Å². The summed E-state index contributed by atoms with van der Waals surface area (Å²) in [5, 5.41) is 8.78. The third kappa shape index (κ3) is 5.26. The second-order valence-electron chi connectivity index (χ2n) is 4.58. The fourth-order valence-corrected chi connectivity index (χ4v) is 1.84. The molecule has 0 bridgehead atoms. The lowest BCUT2D eigenvalue weighted by atomic mass is 10.1. The molecule has 0 fully saturated rings. The summed E-state index contributed by atoms with van der Waals surface area (Å²) in [7, 11) is 0. The van der Waals surface area contributed by atoms with Crippen LogP contribution in [0, 0.1) is 0 Å². The van der Waals surface area contributed by atoms with Gasteiger partial charge in [-0.15, -0.1) is 0 Å². The zero-order chi connectivity index (χ0) is 15.0. The Morgan fingerprint density at radius 2 is 1.85 bits per heavy atom. The minimum atomic E-state index is -0.993. The Balaban J connectivity index is 2.69. The van der Waals surface area contributed by atoms with Crippen LogP contribution in [0.4, 0.5) is 0 Å². The minimum absolute atomic E-state index is 0.258. The maximum atomic E-state index is 11.9. The van der Waals surface area contributed by atoms with E-state index in [0.717, 1.165) is 18.4 Å². The fourth-order valence-electron chi connectivity index (χ4n) is 1.84. The summed E-state index contributed by atoms with van der Waals surface area (Å²) < 4.78 is 0. The fraction of sp³-hybridized carbons (Fsp3) is 0.375. The second-order valence-corrected chi connectivity index (χ2v) is 4.58. The van der Waals surface area contributed by atoms with E-state index in [9.17, 15) is 9.59 Å². The van der Waals surface area contributed by atoms with E-state index < -0.39 is 5.97 Å². The van der Waals surface area contributed by atoms with Gasteiger partial charge >= 0.3 is 5.97 Å². The number of carbonyl (C=O) groups is 2. The first-order chi connectivity index (χ1) is 9.56. The number of aryl methyl sites for hydroxylation is 1. The normalized spacial score (nSPS) is 10.7.